The van der Waals surface area contributed by atoms with E-state index in [2.05, 4.69) is 15.6 Å². The molecule has 0 aliphatic carbocycles. The van der Waals surface area contributed by atoms with Gasteiger partial charge in [0.15, 0.2) is 17.5 Å². The van der Waals surface area contributed by atoms with Gasteiger partial charge in [0.1, 0.15) is 0 Å². The zero-order valence-corrected chi connectivity index (χ0v) is 19.7. The van der Waals surface area contributed by atoms with E-state index in [9.17, 15) is 5.11 Å². The van der Waals surface area contributed by atoms with Crippen molar-refractivity contribution in [2.24, 2.45) is 4.99 Å². The number of phenolic OH excluding ortho intramolecular Hbond substituents is 1. The predicted octanol–water partition coefficient (Wildman–Crippen LogP) is 4.59. The number of phenols is 1. The van der Waals surface area contributed by atoms with E-state index < -0.39 is 0 Å². The summed E-state index contributed by atoms with van der Waals surface area (Å²) in [5.74, 6) is 1.28. The molecule has 0 unspecified atom stereocenters. The zero-order chi connectivity index (χ0) is 19.8. The lowest BCUT2D eigenvalue weighted by Crippen LogP contribution is -2.36. The standard InChI is InChI=1S/C19H23Cl2N3O3.HI/c1-4-22-19(24-11-13-5-6-14(20)9-15(13)21)23-10-12-7-16(26-2)18(25)17(8-12)27-3;/h5-9,25H,4,10-11H2,1-3H3,(H2,22,23,24);1H. The largest absolute Gasteiger partial charge is 0.502 e. The first-order chi connectivity index (χ1) is 13.0. The average molecular weight is 540 g/mol. The molecule has 0 bridgehead atoms. The van der Waals surface area contributed by atoms with Crippen LogP contribution in [0.3, 0.4) is 0 Å². The number of nitrogens with one attached hydrogen (secondary N) is 2. The van der Waals surface area contributed by atoms with Gasteiger partial charge in [-0.15, -0.1) is 24.0 Å². The van der Waals surface area contributed by atoms with Crippen LogP contribution in [0.15, 0.2) is 35.3 Å². The number of methoxy groups -OCH3 is 2. The summed E-state index contributed by atoms with van der Waals surface area (Å²) in [6, 6.07) is 8.82. The topological polar surface area (TPSA) is 75.1 Å². The van der Waals surface area contributed by atoms with Gasteiger partial charge in [0.25, 0.3) is 0 Å². The Labute approximate surface area is 192 Å². The van der Waals surface area contributed by atoms with Gasteiger partial charge in [-0.2, -0.15) is 0 Å². The summed E-state index contributed by atoms with van der Waals surface area (Å²) in [5, 5.41) is 17.6. The fourth-order valence-electron chi connectivity index (χ4n) is 2.40. The lowest BCUT2D eigenvalue weighted by atomic mass is 10.2. The second kappa shape index (κ2) is 12.1. The molecule has 0 radical (unpaired) electrons. The van der Waals surface area contributed by atoms with Crippen molar-refractivity contribution in [1.82, 2.24) is 10.6 Å². The minimum absolute atomic E-state index is 0. The van der Waals surface area contributed by atoms with Gasteiger partial charge in [0.05, 0.1) is 20.8 Å². The number of nitrogens with zero attached hydrogens (tertiary/aromatic N) is 1. The SMILES string of the molecule is CCNC(=NCc1cc(OC)c(O)c(OC)c1)NCc1ccc(Cl)cc1Cl.I. The van der Waals surface area contributed by atoms with E-state index in [1.807, 2.05) is 13.0 Å². The fraction of sp³-hybridized carbons (Fsp3) is 0.316. The number of benzene rings is 2. The van der Waals surface area contributed by atoms with E-state index in [4.69, 9.17) is 32.7 Å². The molecule has 154 valence electrons. The minimum Gasteiger partial charge on any atom is -0.502 e. The highest BCUT2D eigenvalue weighted by Gasteiger charge is 2.11. The third kappa shape index (κ3) is 6.79. The molecule has 2 aromatic carbocycles. The number of aromatic hydroxyl groups is 1. The lowest BCUT2D eigenvalue weighted by Gasteiger charge is -2.13. The molecule has 0 aliphatic heterocycles. The maximum Gasteiger partial charge on any atom is 0.200 e. The molecule has 0 atom stereocenters. The second-order valence-electron chi connectivity index (χ2n) is 5.63. The molecule has 2 aromatic rings. The van der Waals surface area contributed by atoms with Crippen LogP contribution in [0.5, 0.6) is 17.2 Å². The van der Waals surface area contributed by atoms with E-state index in [1.54, 1.807) is 24.3 Å². The molecule has 0 amide bonds. The maximum atomic E-state index is 10.00. The summed E-state index contributed by atoms with van der Waals surface area (Å²) in [5.41, 5.74) is 1.75. The van der Waals surface area contributed by atoms with E-state index in [-0.39, 0.29) is 29.7 Å². The molecular weight excluding hydrogens is 516 g/mol. The van der Waals surface area contributed by atoms with Crippen molar-refractivity contribution in [1.29, 1.82) is 0 Å². The summed E-state index contributed by atoms with van der Waals surface area (Å²) in [6.07, 6.45) is 0. The molecule has 6 nitrogen and oxygen atoms in total. The number of hydrogen-bond acceptors (Lipinski definition) is 4. The lowest BCUT2D eigenvalue weighted by molar-refractivity contribution is 0.339. The number of rotatable bonds is 7. The quantitative estimate of drug-likeness (QED) is 0.272. The molecule has 0 aromatic heterocycles. The Bertz CT molecular complexity index is 794. The maximum absolute atomic E-state index is 10.00. The molecular formula is C19H24Cl2IN3O3. The molecule has 28 heavy (non-hydrogen) atoms. The van der Waals surface area contributed by atoms with E-state index in [0.29, 0.717) is 47.1 Å². The normalized spacial score (nSPS) is 10.8. The Balaban J connectivity index is 0.00000392. The first-order valence-electron chi connectivity index (χ1n) is 8.38. The molecule has 0 spiro atoms. The predicted molar refractivity (Wildman–Crippen MR) is 125 cm³/mol. The van der Waals surface area contributed by atoms with Crippen molar-refractivity contribution < 1.29 is 14.6 Å². The average Bonchev–Trinajstić information content (AvgIpc) is 2.65. The molecule has 0 aliphatic rings. The van der Waals surface area contributed by atoms with Crippen LogP contribution in [-0.2, 0) is 13.1 Å². The summed E-state index contributed by atoms with van der Waals surface area (Å²) >= 11 is 12.1. The Morgan fingerprint density at radius 1 is 1.07 bits per heavy atom. The van der Waals surface area contributed by atoms with Crippen LogP contribution in [0.4, 0.5) is 0 Å². The molecule has 2 rings (SSSR count). The van der Waals surface area contributed by atoms with E-state index in [0.717, 1.165) is 11.1 Å². The van der Waals surface area contributed by atoms with Gasteiger partial charge in [0.2, 0.25) is 5.75 Å². The number of aliphatic imine (C=N–C) groups is 1. The highest BCUT2D eigenvalue weighted by Crippen LogP contribution is 2.37. The monoisotopic (exact) mass is 539 g/mol. The first kappa shape index (κ1) is 24.5. The van der Waals surface area contributed by atoms with Gasteiger partial charge in [-0.1, -0.05) is 29.3 Å². The Kier molecular flexibility index (Phi) is 10.6. The van der Waals surface area contributed by atoms with Crippen LogP contribution in [-0.4, -0.2) is 31.8 Å². The van der Waals surface area contributed by atoms with Crippen molar-refractivity contribution >= 4 is 53.1 Å². The molecule has 0 saturated heterocycles. The van der Waals surface area contributed by atoms with Crippen LogP contribution in [0.25, 0.3) is 0 Å². The molecule has 0 saturated carbocycles. The molecule has 9 heteroatoms. The molecule has 0 heterocycles. The summed E-state index contributed by atoms with van der Waals surface area (Å²) in [4.78, 5) is 4.56. The Hall–Kier alpha value is -1.58. The van der Waals surface area contributed by atoms with Crippen molar-refractivity contribution in [3.63, 3.8) is 0 Å². The Morgan fingerprint density at radius 3 is 2.25 bits per heavy atom. The van der Waals surface area contributed by atoms with Gasteiger partial charge in [0, 0.05) is 23.1 Å². The van der Waals surface area contributed by atoms with Gasteiger partial charge in [-0.3, -0.25) is 0 Å². The summed E-state index contributed by atoms with van der Waals surface area (Å²) < 4.78 is 10.4. The smallest absolute Gasteiger partial charge is 0.200 e. The van der Waals surface area contributed by atoms with Gasteiger partial charge in [-0.05, 0) is 42.3 Å². The second-order valence-corrected chi connectivity index (χ2v) is 6.48. The highest BCUT2D eigenvalue weighted by molar-refractivity contribution is 14.0. The first-order valence-corrected chi connectivity index (χ1v) is 9.14. The van der Waals surface area contributed by atoms with Crippen molar-refractivity contribution in [2.75, 3.05) is 20.8 Å². The fourth-order valence-corrected chi connectivity index (χ4v) is 2.87. The molecule has 0 fully saturated rings. The summed E-state index contributed by atoms with van der Waals surface area (Å²) in [6.45, 7) is 3.57. The van der Waals surface area contributed by atoms with Gasteiger partial charge >= 0.3 is 0 Å². The summed E-state index contributed by atoms with van der Waals surface area (Å²) in [7, 11) is 2.98. The van der Waals surface area contributed by atoms with Crippen LogP contribution in [0.2, 0.25) is 10.0 Å². The van der Waals surface area contributed by atoms with Gasteiger partial charge < -0.3 is 25.2 Å². The number of ether oxygens (including phenoxy) is 2. The van der Waals surface area contributed by atoms with Crippen LogP contribution >= 0.6 is 47.2 Å². The number of halogens is 3. The van der Waals surface area contributed by atoms with E-state index in [1.165, 1.54) is 14.2 Å². The van der Waals surface area contributed by atoms with Crippen molar-refractivity contribution in [2.45, 2.75) is 20.0 Å². The minimum atomic E-state index is -0.0323. The third-order valence-electron chi connectivity index (χ3n) is 3.76. The molecule has 3 N–H and O–H groups in total. The zero-order valence-electron chi connectivity index (χ0n) is 15.9. The van der Waals surface area contributed by atoms with Crippen molar-refractivity contribution in [3.05, 3.63) is 51.5 Å². The van der Waals surface area contributed by atoms with Crippen LogP contribution in [0.1, 0.15) is 18.1 Å². The van der Waals surface area contributed by atoms with E-state index >= 15 is 0 Å². The number of hydrogen-bond donors (Lipinski definition) is 3. The van der Waals surface area contributed by atoms with Crippen LogP contribution in [0, 0.1) is 0 Å². The van der Waals surface area contributed by atoms with Crippen LogP contribution < -0.4 is 20.1 Å². The Morgan fingerprint density at radius 2 is 1.71 bits per heavy atom. The van der Waals surface area contributed by atoms with Gasteiger partial charge in [-0.25, -0.2) is 4.99 Å². The van der Waals surface area contributed by atoms with Crippen molar-refractivity contribution in [3.8, 4) is 17.2 Å². The third-order valence-corrected chi connectivity index (χ3v) is 4.35. The highest BCUT2D eigenvalue weighted by atomic mass is 127. The number of guanidine groups is 1.